The predicted octanol–water partition coefficient (Wildman–Crippen LogP) is 3.47. The van der Waals surface area contributed by atoms with Crippen molar-refractivity contribution in [3.05, 3.63) is 35.7 Å². The highest BCUT2D eigenvalue weighted by molar-refractivity contribution is 5.98. The van der Waals surface area contributed by atoms with Gasteiger partial charge in [-0.25, -0.2) is 4.79 Å². The van der Waals surface area contributed by atoms with Crippen molar-refractivity contribution < 1.29 is 19.2 Å². The zero-order valence-electron chi connectivity index (χ0n) is 15.6. The van der Waals surface area contributed by atoms with Crippen molar-refractivity contribution in [1.29, 1.82) is 0 Å². The summed E-state index contributed by atoms with van der Waals surface area (Å²) in [7, 11) is 0. The van der Waals surface area contributed by atoms with E-state index in [-0.39, 0.29) is 11.9 Å². The van der Waals surface area contributed by atoms with Crippen molar-refractivity contribution in [2.45, 2.75) is 62.9 Å². The maximum atomic E-state index is 13.3. The van der Waals surface area contributed by atoms with E-state index in [1.165, 1.54) is 0 Å². The quantitative estimate of drug-likeness (QED) is 0.871. The predicted molar refractivity (Wildman–Crippen MR) is 99.7 cm³/mol. The molecule has 3 atom stereocenters. The number of hydrogen-bond acceptors (Lipinski definition) is 5. The molecule has 1 aromatic heterocycles. The van der Waals surface area contributed by atoms with Gasteiger partial charge in [-0.15, -0.1) is 0 Å². The van der Waals surface area contributed by atoms with Gasteiger partial charge in [0.15, 0.2) is 0 Å². The largest absolute Gasteiger partial charge is 0.480 e. The van der Waals surface area contributed by atoms with Gasteiger partial charge in [-0.1, -0.05) is 30.1 Å². The lowest BCUT2D eigenvalue weighted by molar-refractivity contribution is -0.141. The molecule has 1 saturated heterocycles. The summed E-state index contributed by atoms with van der Waals surface area (Å²) in [6, 6.07) is 6.41. The van der Waals surface area contributed by atoms with Crippen molar-refractivity contribution in [2.75, 3.05) is 0 Å². The molecule has 2 aliphatic carbocycles. The molecule has 1 N–H and O–H groups in total. The number of carboxylic acid groups (broad SMARTS) is 1. The van der Waals surface area contributed by atoms with E-state index >= 15 is 0 Å². The van der Waals surface area contributed by atoms with Gasteiger partial charge in [-0.3, -0.25) is 4.79 Å². The number of amides is 1. The van der Waals surface area contributed by atoms with Gasteiger partial charge in [-0.05, 0) is 50.2 Å². The second-order valence-corrected chi connectivity index (χ2v) is 8.23. The van der Waals surface area contributed by atoms with E-state index in [0.717, 1.165) is 38.5 Å². The number of carbonyl (C=O) groups is 2. The number of benzene rings is 1. The highest BCUT2D eigenvalue weighted by Crippen LogP contribution is 2.41. The van der Waals surface area contributed by atoms with Gasteiger partial charge in [0.2, 0.25) is 11.7 Å². The van der Waals surface area contributed by atoms with Crippen LogP contribution >= 0.6 is 0 Å². The van der Waals surface area contributed by atoms with Crippen molar-refractivity contribution in [1.82, 2.24) is 15.0 Å². The van der Waals surface area contributed by atoms with Crippen LogP contribution in [0.25, 0.3) is 11.4 Å². The summed E-state index contributed by atoms with van der Waals surface area (Å²) in [5.41, 5.74) is 1.19. The zero-order chi connectivity index (χ0) is 19.3. The van der Waals surface area contributed by atoms with Gasteiger partial charge in [0, 0.05) is 23.1 Å². The Balaban J connectivity index is 1.44. The monoisotopic (exact) mass is 381 g/mol. The standard InChI is InChI=1S/C21H23N3O4/c25-20(24-16-7-2-1-4-13(16)11-17(24)21(26)27)15-6-3-5-14(10-15)18-22-19(28-23-18)12-8-9-12/h3,5-6,10,12-13,16-17H,1-2,4,7-9,11H2,(H,26,27)/t13-,16-,17+/m1/s1. The van der Waals surface area contributed by atoms with Gasteiger partial charge in [0.25, 0.3) is 5.91 Å². The smallest absolute Gasteiger partial charge is 0.326 e. The Morgan fingerprint density at radius 1 is 1.14 bits per heavy atom. The Kier molecular flexibility index (Phi) is 4.18. The van der Waals surface area contributed by atoms with Gasteiger partial charge < -0.3 is 14.5 Å². The van der Waals surface area contributed by atoms with Crippen LogP contribution < -0.4 is 0 Å². The molecule has 0 radical (unpaired) electrons. The third-order valence-corrected chi connectivity index (χ3v) is 6.34. The minimum Gasteiger partial charge on any atom is -0.480 e. The number of likely N-dealkylation sites (tertiary alicyclic amines) is 1. The van der Waals surface area contributed by atoms with E-state index in [0.29, 0.717) is 41.1 Å². The summed E-state index contributed by atoms with van der Waals surface area (Å²) in [6.07, 6.45) is 6.76. The molecular formula is C21H23N3O4. The average molecular weight is 381 g/mol. The lowest BCUT2D eigenvalue weighted by atomic mass is 9.84. The molecule has 1 aromatic carbocycles. The molecule has 2 aromatic rings. The minimum absolute atomic E-state index is 0.0256. The molecule has 3 fully saturated rings. The summed E-state index contributed by atoms with van der Waals surface area (Å²) in [5.74, 6) is 0.668. The molecule has 2 saturated carbocycles. The first kappa shape index (κ1) is 17.4. The third-order valence-electron chi connectivity index (χ3n) is 6.34. The zero-order valence-corrected chi connectivity index (χ0v) is 15.6. The molecule has 5 rings (SSSR count). The highest BCUT2D eigenvalue weighted by Gasteiger charge is 2.47. The fourth-order valence-electron chi connectivity index (χ4n) is 4.76. The molecule has 7 nitrogen and oxygen atoms in total. The Bertz CT molecular complexity index is 920. The molecule has 0 unspecified atom stereocenters. The highest BCUT2D eigenvalue weighted by atomic mass is 16.5. The molecule has 1 aliphatic heterocycles. The molecule has 3 aliphatic rings. The molecule has 28 heavy (non-hydrogen) atoms. The lowest BCUT2D eigenvalue weighted by Gasteiger charge is -2.33. The number of rotatable bonds is 4. The van der Waals surface area contributed by atoms with Gasteiger partial charge in [0.1, 0.15) is 6.04 Å². The van der Waals surface area contributed by atoms with Crippen LogP contribution in [0.4, 0.5) is 0 Å². The summed E-state index contributed by atoms with van der Waals surface area (Å²) in [5, 5.41) is 13.7. The van der Waals surface area contributed by atoms with Crippen LogP contribution in [0.3, 0.4) is 0 Å². The maximum absolute atomic E-state index is 13.3. The van der Waals surface area contributed by atoms with Crippen LogP contribution in [-0.2, 0) is 4.79 Å². The van der Waals surface area contributed by atoms with Crippen LogP contribution in [0.1, 0.15) is 67.1 Å². The van der Waals surface area contributed by atoms with Crippen molar-refractivity contribution in [2.24, 2.45) is 5.92 Å². The van der Waals surface area contributed by atoms with Crippen LogP contribution in [0.15, 0.2) is 28.8 Å². The second-order valence-electron chi connectivity index (χ2n) is 8.23. The van der Waals surface area contributed by atoms with E-state index in [2.05, 4.69) is 10.1 Å². The molecule has 0 spiro atoms. The van der Waals surface area contributed by atoms with Gasteiger partial charge in [0.05, 0.1) is 0 Å². The molecule has 1 amide bonds. The third kappa shape index (κ3) is 2.99. The number of carbonyl (C=O) groups excluding carboxylic acids is 1. The lowest BCUT2D eigenvalue weighted by Crippen LogP contribution is -2.46. The molecule has 146 valence electrons. The summed E-state index contributed by atoms with van der Waals surface area (Å²) >= 11 is 0. The van der Waals surface area contributed by atoms with E-state index in [4.69, 9.17) is 4.52 Å². The fraction of sp³-hybridized carbons (Fsp3) is 0.524. The van der Waals surface area contributed by atoms with Crippen LogP contribution in [-0.4, -0.2) is 44.1 Å². The van der Waals surface area contributed by atoms with Crippen LogP contribution in [0.2, 0.25) is 0 Å². The first-order valence-electron chi connectivity index (χ1n) is 10.1. The van der Waals surface area contributed by atoms with Gasteiger partial charge >= 0.3 is 5.97 Å². The Morgan fingerprint density at radius 2 is 1.96 bits per heavy atom. The minimum atomic E-state index is -0.911. The Labute approximate surface area is 162 Å². The number of aromatic nitrogens is 2. The van der Waals surface area contributed by atoms with Crippen LogP contribution in [0, 0.1) is 5.92 Å². The first-order valence-corrected chi connectivity index (χ1v) is 10.1. The number of hydrogen-bond donors (Lipinski definition) is 1. The fourth-order valence-corrected chi connectivity index (χ4v) is 4.76. The molecular weight excluding hydrogens is 358 g/mol. The second kappa shape index (κ2) is 6.72. The van der Waals surface area contributed by atoms with Crippen LogP contribution in [0.5, 0.6) is 0 Å². The normalized spacial score (nSPS) is 26.9. The first-order chi connectivity index (χ1) is 13.6. The summed E-state index contributed by atoms with van der Waals surface area (Å²) in [4.78, 5) is 31.2. The number of aliphatic carboxylic acids is 1. The van der Waals surface area contributed by atoms with Crippen molar-refractivity contribution >= 4 is 11.9 Å². The number of nitrogens with zero attached hydrogens (tertiary/aromatic N) is 3. The average Bonchev–Trinajstić information content (AvgIpc) is 3.31. The Hall–Kier alpha value is -2.70. The maximum Gasteiger partial charge on any atom is 0.326 e. The summed E-state index contributed by atoms with van der Waals surface area (Å²) < 4.78 is 5.33. The van der Waals surface area contributed by atoms with Crippen molar-refractivity contribution in [3.63, 3.8) is 0 Å². The molecule has 0 bridgehead atoms. The topological polar surface area (TPSA) is 96.5 Å². The van der Waals surface area contributed by atoms with Crippen molar-refractivity contribution in [3.8, 4) is 11.4 Å². The van der Waals surface area contributed by atoms with E-state index in [9.17, 15) is 14.7 Å². The summed E-state index contributed by atoms with van der Waals surface area (Å²) in [6.45, 7) is 0. The van der Waals surface area contributed by atoms with E-state index < -0.39 is 12.0 Å². The molecule has 7 heteroatoms. The number of fused-ring (bicyclic) bond motifs is 1. The Morgan fingerprint density at radius 3 is 2.75 bits per heavy atom. The number of carboxylic acids is 1. The SMILES string of the molecule is O=C(O)[C@@H]1C[C@H]2CCCC[C@H]2N1C(=O)c1cccc(-c2noc(C3CC3)n2)c1. The van der Waals surface area contributed by atoms with E-state index in [1.807, 2.05) is 6.07 Å². The van der Waals surface area contributed by atoms with Gasteiger partial charge in [-0.2, -0.15) is 4.98 Å². The molecule has 2 heterocycles. The van der Waals surface area contributed by atoms with E-state index in [1.54, 1.807) is 23.1 Å².